The summed E-state index contributed by atoms with van der Waals surface area (Å²) in [4.78, 5) is 27.3. The molecule has 4 aromatic carbocycles. The second-order valence-electron chi connectivity index (χ2n) is 8.36. The zero-order valence-corrected chi connectivity index (χ0v) is 20.1. The molecule has 11 heteroatoms. The fourth-order valence-corrected chi connectivity index (χ4v) is 3.70. The lowest BCUT2D eigenvalue weighted by atomic mass is 10.2. The maximum Gasteiger partial charge on any atom is 0.336 e. The molecule has 194 valence electrons. The van der Waals surface area contributed by atoms with Gasteiger partial charge in [-0.2, -0.15) is 4.98 Å². The molecule has 1 heterocycles. The summed E-state index contributed by atoms with van der Waals surface area (Å²) in [5.74, 6) is -0.913. The molecule has 1 amide bonds. The van der Waals surface area contributed by atoms with E-state index >= 15 is 0 Å². The Kier molecular flexibility index (Phi) is 7.04. The number of anilines is 1. The largest absolute Gasteiger partial charge is 0.457 e. The molecule has 9 nitrogen and oxygen atoms in total. The van der Waals surface area contributed by atoms with Gasteiger partial charge in [0.25, 0.3) is 11.6 Å². The van der Waals surface area contributed by atoms with Crippen LogP contribution < -0.4 is 10.1 Å². The van der Waals surface area contributed by atoms with Gasteiger partial charge >= 0.3 is 6.01 Å². The summed E-state index contributed by atoms with van der Waals surface area (Å²) in [6.07, 6.45) is 0. The van der Waals surface area contributed by atoms with Gasteiger partial charge in [0, 0.05) is 28.9 Å². The van der Waals surface area contributed by atoms with Crippen molar-refractivity contribution in [3.05, 3.63) is 130 Å². The van der Waals surface area contributed by atoms with E-state index in [1.54, 1.807) is 48.5 Å². The number of benzene rings is 4. The fourth-order valence-electron chi connectivity index (χ4n) is 3.70. The summed E-state index contributed by atoms with van der Waals surface area (Å²) in [6.45, 7) is 0.0977. The van der Waals surface area contributed by atoms with Crippen molar-refractivity contribution in [3.63, 3.8) is 0 Å². The number of hydrogen-bond acceptors (Lipinski definition) is 6. The highest BCUT2D eigenvalue weighted by molar-refractivity contribution is 6.04. The van der Waals surface area contributed by atoms with Gasteiger partial charge in [0.2, 0.25) is 0 Å². The lowest BCUT2D eigenvalue weighted by molar-refractivity contribution is -0.384. The van der Waals surface area contributed by atoms with E-state index in [0.29, 0.717) is 28.3 Å². The number of aromatic nitrogens is 3. The van der Waals surface area contributed by atoms with Gasteiger partial charge in [-0.05, 0) is 66.2 Å². The zero-order chi connectivity index (χ0) is 27.4. The molecule has 1 N–H and O–H groups in total. The van der Waals surface area contributed by atoms with Crippen LogP contribution in [-0.2, 0) is 6.61 Å². The first-order chi connectivity index (χ1) is 18.9. The number of nitrogens with one attached hydrogen (secondary N) is 1. The number of nitro groups is 1. The zero-order valence-electron chi connectivity index (χ0n) is 20.1. The Hall–Kier alpha value is -5.45. The van der Waals surface area contributed by atoms with Crippen molar-refractivity contribution >= 4 is 17.3 Å². The smallest absolute Gasteiger partial charge is 0.336 e. The molecule has 0 atom stereocenters. The molecule has 1 aromatic heterocycles. The van der Waals surface area contributed by atoms with Crippen LogP contribution in [0.5, 0.6) is 6.01 Å². The third kappa shape index (κ3) is 5.93. The molecular weight excluding hydrogens is 508 g/mol. The van der Waals surface area contributed by atoms with Gasteiger partial charge in [-0.15, -0.1) is 5.10 Å². The van der Waals surface area contributed by atoms with Crippen LogP contribution in [0, 0.1) is 21.7 Å². The predicted molar refractivity (Wildman–Crippen MR) is 139 cm³/mol. The second-order valence-corrected chi connectivity index (χ2v) is 8.36. The fraction of sp³-hybridized carbons (Fsp3) is 0.0357. The van der Waals surface area contributed by atoms with Gasteiger partial charge in [-0.25, -0.2) is 13.5 Å². The standard InChI is InChI=1S/C28H19F2N5O4/c29-21-8-4-18(5-9-21)17-39-28-32-26(20-2-1-3-22(30)16-20)34(33-28)24-14-10-23(11-15-24)31-27(36)19-6-12-25(13-7-19)35(37)38/h1-16H,17H2,(H,31,36). The molecular formula is C28H19F2N5O4. The van der Waals surface area contributed by atoms with Crippen LogP contribution in [0.15, 0.2) is 97.1 Å². The molecule has 39 heavy (non-hydrogen) atoms. The molecule has 0 radical (unpaired) electrons. The normalized spacial score (nSPS) is 10.7. The summed E-state index contributed by atoms with van der Waals surface area (Å²) in [6, 6.07) is 23.7. The molecule has 0 fully saturated rings. The Morgan fingerprint density at radius 1 is 0.923 bits per heavy atom. The second kappa shape index (κ2) is 10.9. The first-order valence-corrected chi connectivity index (χ1v) is 11.6. The molecule has 0 aliphatic rings. The number of amides is 1. The average Bonchev–Trinajstić information content (AvgIpc) is 3.37. The van der Waals surface area contributed by atoms with Crippen LogP contribution in [-0.4, -0.2) is 25.6 Å². The Morgan fingerprint density at radius 2 is 1.64 bits per heavy atom. The average molecular weight is 527 g/mol. The molecule has 0 spiro atoms. The summed E-state index contributed by atoms with van der Waals surface area (Å²) >= 11 is 0. The van der Waals surface area contributed by atoms with Crippen molar-refractivity contribution < 1.29 is 23.2 Å². The Morgan fingerprint density at radius 3 is 2.31 bits per heavy atom. The molecule has 0 saturated carbocycles. The van der Waals surface area contributed by atoms with Crippen molar-refractivity contribution in [2.75, 3.05) is 5.32 Å². The van der Waals surface area contributed by atoms with Crippen molar-refractivity contribution in [3.8, 4) is 23.1 Å². The topological polar surface area (TPSA) is 112 Å². The minimum Gasteiger partial charge on any atom is -0.457 e. The Balaban J connectivity index is 1.38. The number of rotatable bonds is 8. The minimum atomic E-state index is -0.540. The summed E-state index contributed by atoms with van der Waals surface area (Å²) < 4.78 is 34.4. The van der Waals surface area contributed by atoms with Crippen LogP contribution in [0.4, 0.5) is 20.2 Å². The van der Waals surface area contributed by atoms with Crippen LogP contribution in [0.25, 0.3) is 17.1 Å². The summed E-state index contributed by atoms with van der Waals surface area (Å²) in [5, 5.41) is 18.0. The van der Waals surface area contributed by atoms with E-state index in [1.807, 2.05) is 0 Å². The van der Waals surface area contributed by atoms with Gasteiger partial charge in [0.05, 0.1) is 10.6 Å². The Bertz CT molecular complexity index is 1640. The number of hydrogen-bond donors (Lipinski definition) is 1. The highest BCUT2D eigenvalue weighted by Gasteiger charge is 2.16. The molecule has 5 rings (SSSR count). The number of halogens is 2. The van der Waals surface area contributed by atoms with E-state index < -0.39 is 16.6 Å². The summed E-state index contributed by atoms with van der Waals surface area (Å²) in [7, 11) is 0. The first-order valence-electron chi connectivity index (χ1n) is 11.6. The van der Waals surface area contributed by atoms with Crippen molar-refractivity contribution in [1.82, 2.24) is 14.8 Å². The highest BCUT2D eigenvalue weighted by Crippen LogP contribution is 2.26. The Labute approximate surface area is 220 Å². The van der Waals surface area contributed by atoms with Crippen molar-refractivity contribution in [2.45, 2.75) is 6.61 Å². The molecule has 0 bridgehead atoms. The number of nitrogens with zero attached hydrogens (tertiary/aromatic N) is 4. The van der Waals surface area contributed by atoms with E-state index in [2.05, 4.69) is 15.4 Å². The third-order valence-electron chi connectivity index (χ3n) is 5.66. The lowest BCUT2D eigenvalue weighted by Crippen LogP contribution is -2.12. The van der Waals surface area contributed by atoms with E-state index in [-0.39, 0.29) is 29.7 Å². The number of nitro benzene ring substituents is 1. The van der Waals surface area contributed by atoms with Gasteiger partial charge < -0.3 is 10.1 Å². The summed E-state index contributed by atoms with van der Waals surface area (Å²) in [5.41, 5.74) is 2.37. The quantitative estimate of drug-likeness (QED) is 0.197. The van der Waals surface area contributed by atoms with E-state index in [9.17, 15) is 23.7 Å². The van der Waals surface area contributed by atoms with Crippen LogP contribution in [0.2, 0.25) is 0 Å². The van der Waals surface area contributed by atoms with Gasteiger partial charge in [0.1, 0.15) is 18.2 Å². The minimum absolute atomic E-state index is 0.0362. The van der Waals surface area contributed by atoms with E-state index in [1.165, 1.54) is 53.2 Å². The highest BCUT2D eigenvalue weighted by atomic mass is 19.1. The number of carbonyl (C=O) groups is 1. The van der Waals surface area contributed by atoms with Gasteiger partial charge in [-0.3, -0.25) is 14.9 Å². The SMILES string of the molecule is O=C(Nc1ccc(-n2nc(OCc3ccc(F)cc3)nc2-c2cccc(F)c2)cc1)c1ccc([N+](=O)[O-])cc1. The first kappa shape index (κ1) is 25.2. The number of ether oxygens (including phenoxy) is 1. The maximum atomic E-state index is 14.0. The van der Waals surface area contributed by atoms with E-state index in [4.69, 9.17) is 4.74 Å². The molecule has 0 aliphatic carbocycles. The number of carbonyl (C=O) groups excluding carboxylic acids is 1. The van der Waals surface area contributed by atoms with Crippen LogP contribution in [0.3, 0.4) is 0 Å². The van der Waals surface area contributed by atoms with Gasteiger partial charge in [0.15, 0.2) is 5.82 Å². The third-order valence-corrected chi connectivity index (χ3v) is 5.66. The van der Waals surface area contributed by atoms with Crippen molar-refractivity contribution in [1.29, 1.82) is 0 Å². The molecule has 0 saturated heterocycles. The number of non-ortho nitro benzene ring substituents is 1. The molecule has 0 aliphatic heterocycles. The predicted octanol–water partition coefficient (Wildman–Crippen LogP) is 5.95. The van der Waals surface area contributed by atoms with Crippen LogP contribution in [0.1, 0.15) is 15.9 Å². The van der Waals surface area contributed by atoms with Crippen molar-refractivity contribution in [2.24, 2.45) is 0 Å². The maximum absolute atomic E-state index is 14.0. The van der Waals surface area contributed by atoms with Gasteiger partial charge in [-0.1, -0.05) is 24.3 Å². The monoisotopic (exact) mass is 527 g/mol. The molecule has 0 unspecified atom stereocenters. The van der Waals surface area contributed by atoms with E-state index in [0.717, 1.165) is 0 Å². The molecule has 5 aromatic rings. The lowest BCUT2D eigenvalue weighted by Gasteiger charge is -2.09. The van der Waals surface area contributed by atoms with Crippen LogP contribution >= 0.6 is 0 Å².